The molecule has 1 N–H and O–H groups in total. The highest BCUT2D eigenvalue weighted by molar-refractivity contribution is 6.30. The lowest BCUT2D eigenvalue weighted by molar-refractivity contribution is 0.103. The van der Waals surface area contributed by atoms with Gasteiger partial charge in [-0.3, -0.25) is 4.79 Å². The number of phenolic OH excluding ortho intramolecular Hbond substituents is 1. The Morgan fingerprint density at radius 3 is 1.84 bits per heavy atom. The summed E-state index contributed by atoms with van der Waals surface area (Å²) in [5, 5.41) is 11.3. The van der Waals surface area contributed by atoms with Crippen molar-refractivity contribution in [3.63, 3.8) is 0 Å². The van der Waals surface area contributed by atoms with Crippen LogP contribution in [0.1, 0.15) is 75.5 Å². The highest BCUT2D eigenvalue weighted by atomic mass is 35.5. The molecule has 1 aromatic carbocycles. The molecule has 0 saturated carbocycles. The molecule has 3 nitrogen and oxygen atoms in total. The fraction of sp³-hybridized carbons (Fsp3) is 0.476. The molecular formula is C21H28ClNO2. The fourth-order valence-electron chi connectivity index (χ4n) is 2.92. The molecule has 136 valence electrons. The number of rotatable bonds is 3. The SMILES string of the molecule is CCn1cc(C(=O)c2cc(C(C)(C)C)c(O)c(C(C)(C)C)c2)cc1Cl. The summed E-state index contributed by atoms with van der Waals surface area (Å²) in [5.74, 6) is 0.200. The first-order chi connectivity index (χ1) is 11.4. The molecule has 0 fully saturated rings. The number of aromatic nitrogens is 1. The zero-order chi connectivity index (χ0) is 19.2. The van der Waals surface area contributed by atoms with Crippen molar-refractivity contribution in [3.05, 3.63) is 51.8 Å². The van der Waals surface area contributed by atoms with Gasteiger partial charge in [0.25, 0.3) is 0 Å². The van der Waals surface area contributed by atoms with E-state index in [1.165, 1.54) is 0 Å². The van der Waals surface area contributed by atoms with Crippen molar-refractivity contribution < 1.29 is 9.90 Å². The first-order valence-electron chi connectivity index (χ1n) is 8.64. The minimum Gasteiger partial charge on any atom is -0.507 e. The number of nitrogens with zero attached hydrogens (tertiary/aromatic N) is 1. The number of halogens is 1. The molecule has 1 aromatic heterocycles. The number of aryl methyl sites for hydroxylation is 1. The molecule has 2 aromatic rings. The predicted molar refractivity (Wildman–Crippen MR) is 104 cm³/mol. The van der Waals surface area contributed by atoms with Gasteiger partial charge in [-0.25, -0.2) is 0 Å². The summed E-state index contributed by atoms with van der Waals surface area (Å²) in [6.45, 7) is 14.9. The van der Waals surface area contributed by atoms with Gasteiger partial charge in [-0.1, -0.05) is 53.1 Å². The maximum absolute atomic E-state index is 13.0. The Kier molecular flexibility index (Phi) is 5.11. The van der Waals surface area contributed by atoms with E-state index in [4.69, 9.17) is 11.6 Å². The number of carbonyl (C=O) groups is 1. The minimum atomic E-state index is -0.270. The maximum Gasteiger partial charge on any atom is 0.194 e. The van der Waals surface area contributed by atoms with E-state index >= 15 is 0 Å². The van der Waals surface area contributed by atoms with Crippen LogP contribution in [-0.4, -0.2) is 15.5 Å². The van der Waals surface area contributed by atoms with Crippen LogP contribution in [0.25, 0.3) is 0 Å². The third-order valence-corrected chi connectivity index (χ3v) is 4.76. The summed E-state index contributed by atoms with van der Waals surface area (Å²) in [6, 6.07) is 5.32. The van der Waals surface area contributed by atoms with Crippen LogP contribution < -0.4 is 0 Å². The lowest BCUT2D eigenvalue weighted by Crippen LogP contribution is -2.19. The topological polar surface area (TPSA) is 42.2 Å². The number of aromatic hydroxyl groups is 1. The Balaban J connectivity index is 2.66. The summed E-state index contributed by atoms with van der Waals surface area (Å²) in [5.41, 5.74) is 2.17. The van der Waals surface area contributed by atoms with Crippen LogP contribution in [0.4, 0.5) is 0 Å². The lowest BCUT2D eigenvalue weighted by Gasteiger charge is -2.28. The smallest absolute Gasteiger partial charge is 0.194 e. The maximum atomic E-state index is 13.0. The van der Waals surface area contributed by atoms with Crippen molar-refractivity contribution >= 4 is 17.4 Å². The van der Waals surface area contributed by atoms with E-state index < -0.39 is 0 Å². The molecule has 4 heteroatoms. The molecule has 0 aliphatic carbocycles. The van der Waals surface area contributed by atoms with Crippen molar-refractivity contribution in [1.29, 1.82) is 0 Å². The monoisotopic (exact) mass is 361 g/mol. The first kappa shape index (κ1) is 19.6. The molecule has 0 unspecified atom stereocenters. The number of ketones is 1. The Morgan fingerprint density at radius 2 is 1.48 bits per heavy atom. The Morgan fingerprint density at radius 1 is 1.00 bits per heavy atom. The molecule has 0 atom stereocenters. The molecule has 2 rings (SSSR count). The van der Waals surface area contributed by atoms with Gasteiger partial charge in [0, 0.05) is 35.0 Å². The third kappa shape index (κ3) is 3.92. The molecule has 0 spiro atoms. The Labute approximate surface area is 155 Å². The summed E-state index contributed by atoms with van der Waals surface area (Å²) < 4.78 is 1.84. The largest absolute Gasteiger partial charge is 0.507 e. The summed E-state index contributed by atoms with van der Waals surface area (Å²) in [7, 11) is 0. The van der Waals surface area contributed by atoms with E-state index in [0.29, 0.717) is 22.8 Å². The van der Waals surface area contributed by atoms with Gasteiger partial charge in [0.15, 0.2) is 5.78 Å². The van der Waals surface area contributed by atoms with E-state index in [1.807, 2.05) is 65.2 Å². The molecule has 0 bridgehead atoms. The first-order valence-corrected chi connectivity index (χ1v) is 9.02. The van der Waals surface area contributed by atoms with Gasteiger partial charge >= 0.3 is 0 Å². The molecule has 0 aliphatic heterocycles. The standard InChI is InChI=1S/C21H28ClNO2/c1-8-23-12-14(11-17(23)22)18(24)13-9-15(20(2,3)4)19(25)16(10-13)21(5,6)7/h9-12,25H,8H2,1-7H3. The van der Waals surface area contributed by atoms with Crippen LogP contribution in [0.2, 0.25) is 5.15 Å². The Bertz CT molecular complexity index is 769. The predicted octanol–water partition coefficient (Wildman–Crippen LogP) is 5.69. The van der Waals surface area contributed by atoms with Crippen molar-refractivity contribution in [1.82, 2.24) is 4.57 Å². The number of phenols is 1. The highest BCUT2D eigenvalue weighted by Gasteiger charge is 2.28. The zero-order valence-electron chi connectivity index (χ0n) is 16.2. The lowest BCUT2D eigenvalue weighted by atomic mass is 9.78. The second-order valence-electron chi connectivity index (χ2n) is 8.59. The molecular weight excluding hydrogens is 334 g/mol. The van der Waals surface area contributed by atoms with Crippen LogP contribution in [0.15, 0.2) is 24.4 Å². The number of carbonyl (C=O) groups excluding carboxylic acids is 1. The molecule has 0 radical (unpaired) electrons. The van der Waals surface area contributed by atoms with E-state index in [9.17, 15) is 9.90 Å². The molecule has 0 amide bonds. The third-order valence-electron chi connectivity index (χ3n) is 4.43. The molecule has 0 aliphatic rings. The van der Waals surface area contributed by atoms with Crippen LogP contribution >= 0.6 is 11.6 Å². The van der Waals surface area contributed by atoms with Gasteiger partial charge in [0.1, 0.15) is 10.9 Å². The molecule has 25 heavy (non-hydrogen) atoms. The van der Waals surface area contributed by atoms with E-state index in [-0.39, 0.29) is 22.4 Å². The van der Waals surface area contributed by atoms with Gasteiger partial charge in [-0.05, 0) is 36.0 Å². The molecule has 0 saturated heterocycles. The van der Waals surface area contributed by atoms with Crippen LogP contribution in [0.5, 0.6) is 5.75 Å². The van der Waals surface area contributed by atoms with Gasteiger partial charge in [-0.15, -0.1) is 0 Å². The number of benzene rings is 1. The van der Waals surface area contributed by atoms with Gasteiger partial charge < -0.3 is 9.67 Å². The average molecular weight is 362 g/mol. The van der Waals surface area contributed by atoms with E-state index in [2.05, 4.69) is 0 Å². The Hall–Kier alpha value is -1.74. The van der Waals surface area contributed by atoms with Crippen LogP contribution in [0.3, 0.4) is 0 Å². The minimum absolute atomic E-state index is 0.0786. The summed E-state index contributed by atoms with van der Waals surface area (Å²) >= 11 is 6.18. The van der Waals surface area contributed by atoms with Crippen molar-refractivity contribution in [3.8, 4) is 5.75 Å². The number of hydrogen-bond acceptors (Lipinski definition) is 2. The zero-order valence-corrected chi connectivity index (χ0v) is 17.0. The quantitative estimate of drug-likeness (QED) is 0.713. The van der Waals surface area contributed by atoms with E-state index in [0.717, 1.165) is 11.1 Å². The van der Waals surface area contributed by atoms with Gasteiger partial charge in [0.05, 0.1) is 0 Å². The van der Waals surface area contributed by atoms with Crippen LogP contribution in [0, 0.1) is 0 Å². The van der Waals surface area contributed by atoms with Crippen molar-refractivity contribution in [2.24, 2.45) is 0 Å². The summed E-state index contributed by atoms with van der Waals surface area (Å²) in [4.78, 5) is 13.0. The second-order valence-corrected chi connectivity index (χ2v) is 8.97. The molecule has 1 heterocycles. The van der Waals surface area contributed by atoms with Crippen molar-refractivity contribution in [2.75, 3.05) is 0 Å². The normalized spacial score (nSPS) is 12.5. The second kappa shape index (κ2) is 6.53. The van der Waals surface area contributed by atoms with E-state index in [1.54, 1.807) is 12.3 Å². The highest BCUT2D eigenvalue weighted by Crippen LogP contribution is 2.40. The van der Waals surface area contributed by atoms with Gasteiger partial charge in [0.2, 0.25) is 0 Å². The number of hydrogen-bond donors (Lipinski definition) is 1. The van der Waals surface area contributed by atoms with Gasteiger partial charge in [-0.2, -0.15) is 0 Å². The van der Waals surface area contributed by atoms with Crippen molar-refractivity contribution in [2.45, 2.75) is 65.8 Å². The average Bonchev–Trinajstić information content (AvgIpc) is 2.85. The van der Waals surface area contributed by atoms with Crippen LogP contribution in [-0.2, 0) is 17.4 Å². The summed E-state index contributed by atoms with van der Waals surface area (Å²) in [6.07, 6.45) is 1.78. The fourth-order valence-corrected chi connectivity index (χ4v) is 3.21.